The molecule has 4 heteroatoms. The molecule has 1 aromatic heterocycles. The van der Waals surface area contributed by atoms with Crippen LogP contribution in [0.15, 0.2) is 60.7 Å². The van der Waals surface area contributed by atoms with Gasteiger partial charge in [-0.05, 0) is 41.5 Å². The molecule has 0 atom stereocenters. The summed E-state index contributed by atoms with van der Waals surface area (Å²) in [7, 11) is 0. The number of H-pyrrole nitrogens is 1. The first kappa shape index (κ1) is 16.2. The van der Waals surface area contributed by atoms with Crippen molar-refractivity contribution in [2.75, 3.05) is 0 Å². The highest BCUT2D eigenvalue weighted by Gasteiger charge is 2.12. The van der Waals surface area contributed by atoms with Gasteiger partial charge < -0.3 is 4.98 Å². The molecule has 3 aromatic carbocycles. The smallest absolute Gasteiger partial charge is 0.111 e. The van der Waals surface area contributed by atoms with Crippen molar-refractivity contribution in [1.29, 1.82) is 0 Å². The van der Waals surface area contributed by atoms with Crippen LogP contribution in [0.4, 0.5) is 0 Å². The van der Waals surface area contributed by atoms with Crippen molar-refractivity contribution in [3.8, 4) is 11.3 Å². The maximum absolute atomic E-state index is 6.10. The summed E-state index contributed by atoms with van der Waals surface area (Å²) in [5.41, 5.74) is 4.22. The molecule has 0 spiro atoms. The Labute approximate surface area is 156 Å². The first-order valence-corrected chi connectivity index (χ1v) is 8.84. The quantitative estimate of drug-likeness (QED) is 0.444. The largest absolute Gasteiger partial charge is 0.345 e. The Hall–Kier alpha value is -2.29. The second kappa shape index (κ2) is 6.55. The molecule has 0 saturated heterocycles. The van der Waals surface area contributed by atoms with Gasteiger partial charge >= 0.3 is 0 Å². The molecule has 1 heterocycles. The van der Waals surface area contributed by atoms with Crippen LogP contribution < -0.4 is 0 Å². The molecule has 0 aliphatic carbocycles. The third kappa shape index (κ3) is 3.28. The SMILES string of the molecule is Cc1[nH]c(Cc2cc(Cl)cc(Cl)c2)nc1-c1cccc2ccccc12. The standard InChI is InChI=1S/C21H16Cl2N2/c1-13-21(19-8-4-6-15-5-2-3-7-18(15)19)25-20(24-13)11-14-9-16(22)12-17(23)10-14/h2-10,12H,11H2,1H3,(H,24,25). The summed E-state index contributed by atoms with van der Waals surface area (Å²) in [6.45, 7) is 2.05. The number of hydrogen-bond acceptors (Lipinski definition) is 1. The summed E-state index contributed by atoms with van der Waals surface area (Å²) in [6.07, 6.45) is 0.659. The van der Waals surface area contributed by atoms with Gasteiger partial charge in [0.1, 0.15) is 5.82 Å². The van der Waals surface area contributed by atoms with Gasteiger partial charge in [-0.25, -0.2) is 4.98 Å². The fourth-order valence-electron chi connectivity index (χ4n) is 3.21. The van der Waals surface area contributed by atoms with Crippen LogP contribution in [0.3, 0.4) is 0 Å². The van der Waals surface area contributed by atoms with E-state index >= 15 is 0 Å². The summed E-state index contributed by atoms with van der Waals surface area (Å²) in [5.74, 6) is 0.902. The number of rotatable bonds is 3. The zero-order valence-corrected chi connectivity index (χ0v) is 15.2. The minimum Gasteiger partial charge on any atom is -0.345 e. The van der Waals surface area contributed by atoms with Crippen molar-refractivity contribution >= 4 is 34.0 Å². The number of hydrogen-bond donors (Lipinski definition) is 1. The van der Waals surface area contributed by atoms with Gasteiger partial charge in [-0.2, -0.15) is 0 Å². The number of imidazole rings is 1. The predicted molar refractivity (Wildman–Crippen MR) is 106 cm³/mol. The number of benzene rings is 3. The Morgan fingerprint density at radius 1 is 0.920 bits per heavy atom. The number of halogens is 2. The Bertz CT molecular complexity index is 1040. The van der Waals surface area contributed by atoms with Crippen molar-refractivity contribution in [2.24, 2.45) is 0 Å². The van der Waals surface area contributed by atoms with E-state index in [2.05, 4.69) is 54.4 Å². The topological polar surface area (TPSA) is 28.7 Å². The van der Waals surface area contributed by atoms with Crippen molar-refractivity contribution in [3.05, 3.63) is 87.8 Å². The van der Waals surface area contributed by atoms with E-state index in [0.717, 1.165) is 28.3 Å². The van der Waals surface area contributed by atoms with Gasteiger partial charge in [-0.1, -0.05) is 65.7 Å². The minimum atomic E-state index is 0.639. The lowest BCUT2D eigenvalue weighted by molar-refractivity contribution is 1.02. The number of aromatic nitrogens is 2. The molecule has 0 bridgehead atoms. The molecule has 2 nitrogen and oxygen atoms in total. The van der Waals surface area contributed by atoms with Gasteiger partial charge in [0.05, 0.1) is 5.69 Å². The van der Waals surface area contributed by atoms with E-state index in [0.29, 0.717) is 16.5 Å². The van der Waals surface area contributed by atoms with E-state index < -0.39 is 0 Å². The normalized spacial score (nSPS) is 11.2. The van der Waals surface area contributed by atoms with Crippen molar-refractivity contribution in [3.63, 3.8) is 0 Å². The van der Waals surface area contributed by atoms with Gasteiger partial charge in [0.15, 0.2) is 0 Å². The molecule has 0 fully saturated rings. The molecule has 0 aliphatic rings. The molecule has 4 aromatic rings. The Morgan fingerprint density at radius 2 is 1.64 bits per heavy atom. The maximum Gasteiger partial charge on any atom is 0.111 e. The maximum atomic E-state index is 6.10. The highest BCUT2D eigenvalue weighted by molar-refractivity contribution is 6.34. The summed E-state index contributed by atoms with van der Waals surface area (Å²) < 4.78 is 0. The molecule has 124 valence electrons. The average molecular weight is 367 g/mol. The molecule has 4 rings (SSSR count). The Morgan fingerprint density at radius 3 is 2.44 bits per heavy atom. The molecule has 0 saturated carbocycles. The Balaban J connectivity index is 1.75. The van der Waals surface area contributed by atoms with Crippen LogP contribution in [0, 0.1) is 6.92 Å². The third-order valence-electron chi connectivity index (χ3n) is 4.27. The second-order valence-corrected chi connectivity index (χ2v) is 7.01. The van der Waals surface area contributed by atoms with Crippen LogP contribution in [0.25, 0.3) is 22.0 Å². The van der Waals surface area contributed by atoms with Gasteiger partial charge in [-0.3, -0.25) is 0 Å². The molecule has 0 radical (unpaired) electrons. The van der Waals surface area contributed by atoms with Crippen molar-refractivity contribution in [2.45, 2.75) is 13.3 Å². The zero-order chi connectivity index (χ0) is 17.4. The van der Waals surface area contributed by atoms with E-state index in [1.54, 1.807) is 6.07 Å². The zero-order valence-electron chi connectivity index (χ0n) is 13.7. The van der Waals surface area contributed by atoms with Gasteiger partial charge in [-0.15, -0.1) is 0 Å². The van der Waals surface area contributed by atoms with Crippen LogP contribution in [0.5, 0.6) is 0 Å². The van der Waals surface area contributed by atoms with Crippen molar-refractivity contribution in [1.82, 2.24) is 9.97 Å². The second-order valence-electron chi connectivity index (χ2n) is 6.14. The fraction of sp³-hybridized carbons (Fsp3) is 0.0952. The highest BCUT2D eigenvalue weighted by atomic mass is 35.5. The summed E-state index contributed by atoms with van der Waals surface area (Å²) >= 11 is 12.2. The van der Waals surface area contributed by atoms with E-state index in [1.807, 2.05) is 12.1 Å². The monoisotopic (exact) mass is 366 g/mol. The van der Waals surface area contributed by atoms with Crippen LogP contribution in [-0.2, 0) is 6.42 Å². The first-order chi connectivity index (χ1) is 12.1. The third-order valence-corrected chi connectivity index (χ3v) is 4.71. The summed E-state index contributed by atoms with van der Waals surface area (Å²) in [6, 6.07) is 20.3. The van der Waals surface area contributed by atoms with Gasteiger partial charge in [0, 0.05) is 27.7 Å². The molecule has 25 heavy (non-hydrogen) atoms. The lowest BCUT2D eigenvalue weighted by Crippen LogP contribution is -1.91. The van der Waals surface area contributed by atoms with Crippen LogP contribution in [0.2, 0.25) is 10.0 Å². The number of nitrogens with zero attached hydrogens (tertiary/aromatic N) is 1. The number of aromatic amines is 1. The van der Waals surface area contributed by atoms with Gasteiger partial charge in [0.25, 0.3) is 0 Å². The minimum absolute atomic E-state index is 0.639. The first-order valence-electron chi connectivity index (χ1n) is 8.09. The summed E-state index contributed by atoms with van der Waals surface area (Å²) in [5, 5.41) is 3.70. The lowest BCUT2D eigenvalue weighted by Gasteiger charge is -2.04. The highest BCUT2D eigenvalue weighted by Crippen LogP contribution is 2.30. The van der Waals surface area contributed by atoms with Gasteiger partial charge in [0.2, 0.25) is 0 Å². The van der Waals surface area contributed by atoms with E-state index in [9.17, 15) is 0 Å². The van der Waals surface area contributed by atoms with Crippen LogP contribution in [-0.4, -0.2) is 9.97 Å². The van der Waals surface area contributed by atoms with E-state index in [-0.39, 0.29) is 0 Å². The predicted octanol–water partition coefficient (Wildman–Crippen LogP) is 6.44. The number of aryl methyl sites for hydroxylation is 1. The van der Waals surface area contributed by atoms with E-state index in [1.165, 1.54) is 10.8 Å². The molecule has 0 amide bonds. The average Bonchev–Trinajstić information content (AvgIpc) is 2.93. The van der Waals surface area contributed by atoms with Crippen LogP contribution >= 0.6 is 23.2 Å². The van der Waals surface area contributed by atoms with Crippen molar-refractivity contribution < 1.29 is 0 Å². The molecule has 0 aliphatic heterocycles. The number of nitrogens with one attached hydrogen (secondary N) is 1. The number of fused-ring (bicyclic) bond motifs is 1. The van der Waals surface area contributed by atoms with Crippen LogP contribution in [0.1, 0.15) is 17.1 Å². The Kier molecular flexibility index (Phi) is 4.24. The summed E-state index contributed by atoms with van der Waals surface area (Å²) in [4.78, 5) is 8.24. The molecular formula is C21H16Cl2N2. The molecule has 1 N–H and O–H groups in total. The lowest BCUT2D eigenvalue weighted by atomic mass is 10.0. The van der Waals surface area contributed by atoms with E-state index in [4.69, 9.17) is 28.2 Å². The fourth-order valence-corrected chi connectivity index (χ4v) is 3.78. The molecular weight excluding hydrogens is 351 g/mol. The molecule has 0 unspecified atom stereocenters.